The van der Waals surface area contributed by atoms with Crippen molar-refractivity contribution in [3.8, 4) is 0 Å². The molecule has 0 aromatic heterocycles. The van der Waals surface area contributed by atoms with Crippen molar-refractivity contribution >= 4 is 17.7 Å². The van der Waals surface area contributed by atoms with Crippen molar-refractivity contribution in [1.29, 1.82) is 0 Å². The maximum absolute atomic E-state index is 12.5. The molecule has 1 aromatic carbocycles. The van der Waals surface area contributed by atoms with E-state index in [1.165, 1.54) is 24.8 Å². The molecule has 0 aliphatic carbocycles. The number of carboxylic acids is 1. The summed E-state index contributed by atoms with van der Waals surface area (Å²) in [4.78, 5) is 10.9. The summed E-state index contributed by atoms with van der Waals surface area (Å²) in [7, 11) is 0. The van der Waals surface area contributed by atoms with Crippen molar-refractivity contribution in [2.75, 3.05) is 12.4 Å². The maximum Gasteiger partial charge on any atom is 0.416 e. The van der Waals surface area contributed by atoms with Crippen LogP contribution in [-0.4, -0.2) is 29.5 Å². The second-order valence-electron chi connectivity index (χ2n) is 3.73. The zero-order valence-corrected chi connectivity index (χ0v) is 10.9. The van der Waals surface area contributed by atoms with Gasteiger partial charge < -0.3 is 9.84 Å². The van der Waals surface area contributed by atoms with E-state index in [1.54, 1.807) is 6.07 Å². The van der Waals surface area contributed by atoms with Crippen LogP contribution >= 0.6 is 11.8 Å². The molecule has 0 amide bonds. The van der Waals surface area contributed by atoms with Crippen LogP contribution in [0.25, 0.3) is 0 Å². The van der Waals surface area contributed by atoms with E-state index < -0.39 is 23.8 Å². The average molecular weight is 294 g/mol. The van der Waals surface area contributed by atoms with E-state index in [0.717, 1.165) is 12.1 Å². The Balaban J connectivity index is 2.44. The molecule has 19 heavy (non-hydrogen) atoms. The van der Waals surface area contributed by atoms with Crippen molar-refractivity contribution in [2.45, 2.75) is 24.1 Å². The number of benzene rings is 1. The van der Waals surface area contributed by atoms with Gasteiger partial charge in [-0.1, -0.05) is 6.07 Å². The topological polar surface area (TPSA) is 46.5 Å². The first-order chi connectivity index (χ1) is 8.80. The molecule has 106 valence electrons. The Hall–Kier alpha value is -1.21. The van der Waals surface area contributed by atoms with E-state index in [0.29, 0.717) is 10.6 Å². The fourth-order valence-electron chi connectivity index (χ4n) is 1.22. The molecular weight excluding hydrogens is 281 g/mol. The van der Waals surface area contributed by atoms with Crippen molar-refractivity contribution < 1.29 is 27.8 Å². The number of aliphatic carboxylic acids is 1. The van der Waals surface area contributed by atoms with E-state index in [4.69, 9.17) is 9.84 Å². The van der Waals surface area contributed by atoms with Gasteiger partial charge in [-0.05, 0) is 25.1 Å². The molecule has 0 radical (unpaired) electrons. The van der Waals surface area contributed by atoms with Gasteiger partial charge in [0.2, 0.25) is 0 Å². The Morgan fingerprint density at radius 3 is 2.74 bits per heavy atom. The number of carbonyl (C=O) groups is 1. The summed E-state index contributed by atoms with van der Waals surface area (Å²) in [6.45, 7) is 1.56. The SMILES string of the molecule is C[C@@H](OCCSc1cccc(C(F)(F)F)c1)C(=O)O. The molecule has 0 saturated carbocycles. The zero-order chi connectivity index (χ0) is 14.5. The lowest BCUT2D eigenvalue weighted by molar-refractivity contribution is -0.148. The van der Waals surface area contributed by atoms with Crippen molar-refractivity contribution in [3.05, 3.63) is 29.8 Å². The van der Waals surface area contributed by atoms with E-state index in [1.807, 2.05) is 0 Å². The highest BCUT2D eigenvalue weighted by atomic mass is 32.2. The van der Waals surface area contributed by atoms with Crippen molar-refractivity contribution in [3.63, 3.8) is 0 Å². The van der Waals surface area contributed by atoms with Crippen LogP contribution in [0.3, 0.4) is 0 Å². The van der Waals surface area contributed by atoms with Gasteiger partial charge in [0.15, 0.2) is 6.10 Å². The summed E-state index contributed by atoms with van der Waals surface area (Å²) in [6.07, 6.45) is -5.27. The lowest BCUT2D eigenvalue weighted by atomic mass is 10.2. The van der Waals surface area contributed by atoms with Crippen LogP contribution in [0.4, 0.5) is 13.2 Å². The predicted octanol–water partition coefficient (Wildman–Crippen LogP) is 3.29. The summed E-state index contributed by atoms with van der Waals surface area (Å²) < 4.78 is 42.3. The molecule has 0 heterocycles. The van der Waals surface area contributed by atoms with Gasteiger partial charge in [0.05, 0.1) is 12.2 Å². The molecular formula is C12H13F3O3S. The zero-order valence-electron chi connectivity index (χ0n) is 10.1. The minimum absolute atomic E-state index is 0.161. The fraction of sp³-hybridized carbons (Fsp3) is 0.417. The number of hydrogen-bond donors (Lipinski definition) is 1. The largest absolute Gasteiger partial charge is 0.479 e. The highest BCUT2D eigenvalue weighted by molar-refractivity contribution is 7.99. The van der Waals surface area contributed by atoms with Crippen LogP contribution < -0.4 is 0 Å². The lowest BCUT2D eigenvalue weighted by Crippen LogP contribution is -2.20. The molecule has 0 fully saturated rings. The first-order valence-electron chi connectivity index (χ1n) is 5.45. The molecule has 1 rings (SSSR count). The van der Waals surface area contributed by atoms with E-state index >= 15 is 0 Å². The quantitative estimate of drug-likeness (QED) is 0.646. The van der Waals surface area contributed by atoms with Crippen LogP contribution in [-0.2, 0) is 15.7 Å². The van der Waals surface area contributed by atoms with Gasteiger partial charge in [-0.25, -0.2) is 4.79 Å². The normalized spacial score (nSPS) is 13.3. The van der Waals surface area contributed by atoms with Crippen molar-refractivity contribution in [1.82, 2.24) is 0 Å². The smallest absolute Gasteiger partial charge is 0.416 e. The molecule has 0 aliphatic heterocycles. The van der Waals surface area contributed by atoms with Gasteiger partial charge in [0.25, 0.3) is 0 Å². The maximum atomic E-state index is 12.5. The third kappa shape index (κ3) is 5.52. The highest BCUT2D eigenvalue weighted by Crippen LogP contribution is 2.31. The monoisotopic (exact) mass is 294 g/mol. The third-order valence-corrected chi connectivity index (χ3v) is 3.19. The standard InChI is InChI=1S/C12H13F3O3S/c1-8(11(16)17)18-5-6-19-10-4-2-3-9(7-10)12(13,14)15/h2-4,7-8H,5-6H2,1H3,(H,16,17)/t8-/m1/s1. The Bertz CT molecular complexity index is 434. The summed E-state index contributed by atoms with van der Waals surface area (Å²) >= 11 is 1.19. The van der Waals surface area contributed by atoms with Crippen LogP contribution in [0.5, 0.6) is 0 Å². The molecule has 1 atom stereocenters. The summed E-state index contributed by atoms with van der Waals surface area (Å²) in [5.74, 6) is -0.678. The molecule has 1 aromatic rings. The number of rotatable bonds is 6. The lowest BCUT2D eigenvalue weighted by Gasteiger charge is -2.10. The van der Waals surface area contributed by atoms with E-state index in [-0.39, 0.29) is 6.61 Å². The van der Waals surface area contributed by atoms with E-state index in [2.05, 4.69) is 0 Å². The molecule has 0 saturated heterocycles. The third-order valence-electron chi connectivity index (χ3n) is 2.23. The van der Waals surface area contributed by atoms with Crippen LogP contribution in [0.2, 0.25) is 0 Å². The first-order valence-corrected chi connectivity index (χ1v) is 6.43. The Morgan fingerprint density at radius 1 is 1.47 bits per heavy atom. The number of ether oxygens (including phenoxy) is 1. The summed E-state index contributed by atoms with van der Waals surface area (Å²) in [5.41, 5.74) is -0.697. The van der Waals surface area contributed by atoms with Crippen molar-refractivity contribution in [2.24, 2.45) is 0 Å². The first kappa shape index (κ1) is 15.8. The number of carboxylic acid groups (broad SMARTS) is 1. The predicted molar refractivity (Wildman–Crippen MR) is 65.2 cm³/mol. The second-order valence-corrected chi connectivity index (χ2v) is 4.89. The van der Waals surface area contributed by atoms with Gasteiger partial charge in [0.1, 0.15) is 0 Å². The number of thioether (sulfide) groups is 1. The van der Waals surface area contributed by atoms with Crippen LogP contribution in [0.1, 0.15) is 12.5 Å². The highest BCUT2D eigenvalue weighted by Gasteiger charge is 2.30. The molecule has 1 N–H and O–H groups in total. The van der Waals surface area contributed by atoms with Gasteiger partial charge in [-0.15, -0.1) is 11.8 Å². The van der Waals surface area contributed by atoms with E-state index in [9.17, 15) is 18.0 Å². The van der Waals surface area contributed by atoms with Crippen LogP contribution in [0.15, 0.2) is 29.2 Å². The molecule has 0 unspecified atom stereocenters. The molecule has 3 nitrogen and oxygen atoms in total. The molecule has 0 spiro atoms. The summed E-state index contributed by atoms with van der Waals surface area (Å²) in [5, 5.41) is 8.57. The van der Waals surface area contributed by atoms with Gasteiger partial charge in [0, 0.05) is 10.6 Å². The summed E-state index contributed by atoms with van der Waals surface area (Å²) in [6, 6.07) is 4.98. The Labute approximate surface area is 112 Å². The average Bonchev–Trinajstić information content (AvgIpc) is 2.33. The minimum atomic E-state index is -4.36. The van der Waals surface area contributed by atoms with Gasteiger partial charge >= 0.3 is 12.1 Å². The number of alkyl halides is 3. The molecule has 0 aliphatic rings. The Morgan fingerprint density at radius 2 is 2.16 bits per heavy atom. The number of hydrogen-bond acceptors (Lipinski definition) is 3. The Kier molecular flexibility index (Phi) is 5.68. The number of halogens is 3. The molecule has 7 heteroatoms. The van der Waals surface area contributed by atoms with Gasteiger partial charge in [-0.3, -0.25) is 0 Å². The van der Waals surface area contributed by atoms with Crippen LogP contribution in [0, 0.1) is 0 Å². The second kappa shape index (κ2) is 6.81. The van der Waals surface area contributed by atoms with Gasteiger partial charge in [-0.2, -0.15) is 13.2 Å². The minimum Gasteiger partial charge on any atom is -0.479 e. The molecule has 0 bridgehead atoms. The fourth-order valence-corrected chi connectivity index (χ4v) is 2.02.